The molecule has 0 radical (unpaired) electrons. The number of hydrogen-bond acceptors (Lipinski definition) is 3. The summed E-state index contributed by atoms with van der Waals surface area (Å²) in [7, 11) is 0. The van der Waals surface area contributed by atoms with Gasteiger partial charge in [-0.3, -0.25) is 0 Å². The van der Waals surface area contributed by atoms with Crippen LogP contribution in [-0.4, -0.2) is 4.98 Å². The van der Waals surface area contributed by atoms with Gasteiger partial charge in [-0.15, -0.1) is 11.8 Å². The molecule has 0 amide bonds. The highest BCUT2D eigenvalue weighted by atomic mass is 35.5. The summed E-state index contributed by atoms with van der Waals surface area (Å²) in [5.41, 5.74) is 3.47. The molecule has 0 N–H and O–H groups in total. The number of halogens is 2. The number of benzene rings is 1. The van der Waals surface area contributed by atoms with Gasteiger partial charge in [0.15, 0.2) is 0 Å². The SMILES string of the molecule is Cc1cc(C)c(C#N)c(SCc2ccc(Cl)cc2Cl)n1. The zero-order chi connectivity index (χ0) is 14.7. The molecular formula is C15H12Cl2N2S. The highest BCUT2D eigenvalue weighted by molar-refractivity contribution is 7.98. The lowest BCUT2D eigenvalue weighted by Gasteiger charge is -2.08. The molecule has 1 aromatic heterocycles. The van der Waals surface area contributed by atoms with Crippen molar-refractivity contribution in [2.24, 2.45) is 0 Å². The van der Waals surface area contributed by atoms with E-state index in [0.29, 0.717) is 21.4 Å². The first-order valence-electron chi connectivity index (χ1n) is 5.96. The summed E-state index contributed by atoms with van der Waals surface area (Å²) < 4.78 is 0. The quantitative estimate of drug-likeness (QED) is 0.731. The molecule has 0 bridgehead atoms. The normalized spacial score (nSPS) is 10.3. The van der Waals surface area contributed by atoms with Gasteiger partial charge in [0.05, 0.1) is 5.56 Å². The number of pyridine rings is 1. The Hall–Kier alpha value is -1.21. The van der Waals surface area contributed by atoms with Crippen LogP contribution in [-0.2, 0) is 5.75 Å². The lowest BCUT2D eigenvalue weighted by atomic mass is 10.1. The van der Waals surface area contributed by atoms with Crippen LogP contribution < -0.4 is 0 Å². The number of aromatic nitrogens is 1. The molecule has 2 nitrogen and oxygen atoms in total. The summed E-state index contributed by atoms with van der Waals surface area (Å²) in [6, 6.07) is 9.55. The van der Waals surface area contributed by atoms with Crippen LogP contribution in [0.2, 0.25) is 10.0 Å². The van der Waals surface area contributed by atoms with Crippen molar-refractivity contribution in [3.05, 3.63) is 56.7 Å². The van der Waals surface area contributed by atoms with E-state index in [-0.39, 0.29) is 0 Å². The predicted molar refractivity (Wildman–Crippen MR) is 84.4 cm³/mol. The van der Waals surface area contributed by atoms with Crippen LogP contribution in [0.5, 0.6) is 0 Å². The highest BCUT2D eigenvalue weighted by Gasteiger charge is 2.10. The Morgan fingerprint density at radius 2 is 2.00 bits per heavy atom. The summed E-state index contributed by atoms with van der Waals surface area (Å²) in [5.74, 6) is 0.653. The molecule has 1 aromatic carbocycles. The van der Waals surface area contributed by atoms with Gasteiger partial charge < -0.3 is 0 Å². The molecule has 2 aromatic rings. The molecule has 1 heterocycles. The second-order valence-corrected chi connectivity index (χ2v) is 6.20. The van der Waals surface area contributed by atoms with Crippen molar-refractivity contribution in [2.75, 3.05) is 0 Å². The predicted octanol–water partition coefficient (Wildman–Crippen LogP) is 5.17. The van der Waals surface area contributed by atoms with Gasteiger partial charge in [-0.05, 0) is 43.2 Å². The van der Waals surface area contributed by atoms with E-state index >= 15 is 0 Å². The molecule has 20 heavy (non-hydrogen) atoms. The van der Waals surface area contributed by atoms with Crippen molar-refractivity contribution in [3.63, 3.8) is 0 Å². The minimum absolute atomic E-state index is 0.617. The fourth-order valence-corrected chi connectivity index (χ4v) is 3.49. The lowest BCUT2D eigenvalue weighted by Crippen LogP contribution is -1.95. The average molecular weight is 323 g/mol. The molecule has 2 rings (SSSR count). The molecule has 0 spiro atoms. The van der Waals surface area contributed by atoms with Crippen molar-refractivity contribution >= 4 is 35.0 Å². The Morgan fingerprint density at radius 1 is 1.25 bits per heavy atom. The number of nitrogens with zero attached hydrogens (tertiary/aromatic N) is 2. The Kier molecular flexibility index (Phi) is 4.93. The number of aryl methyl sites for hydroxylation is 2. The standard InChI is InChI=1S/C15H12Cl2N2S/c1-9-5-10(2)19-15(13(9)7-18)20-8-11-3-4-12(16)6-14(11)17/h3-6H,8H2,1-2H3. The van der Waals surface area contributed by atoms with E-state index in [2.05, 4.69) is 11.1 Å². The number of rotatable bonds is 3. The van der Waals surface area contributed by atoms with Crippen molar-refractivity contribution in [1.82, 2.24) is 4.98 Å². The molecule has 102 valence electrons. The van der Waals surface area contributed by atoms with Gasteiger partial charge in [-0.1, -0.05) is 29.3 Å². The first-order chi connectivity index (χ1) is 9.51. The molecule has 0 fully saturated rings. The molecule has 0 saturated heterocycles. The van der Waals surface area contributed by atoms with Crippen molar-refractivity contribution in [3.8, 4) is 6.07 Å². The van der Waals surface area contributed by atoms with E-state index < -0.39 is 0 Å². The first-order valence-corrected chi connectivity index (χ1v) is 7.70. The van der Waals surface area contributed by atoms with Gasteiger partial charge in [-0.25, -0.2) is 4.98 Å². The van der Waals surface area contributed by atoms with E-state index in [4.69, 9.17) is 23.2 Å². The minimum atomic E-state index is 0.617. The van der Waals surface area contributed by atoms with Gasteiger partial charge in [0.1, 0.15) is 11.1 Å². The van der Waals surface area contributed by atoms with Crippen LogP contribution in [0.25, 0.3) is 0 Å². The molecule has 0 unspecified atom stereocenters. The largest absolute Gasteiger partial charge is 0.245 e. The van der Waals surface area contributed by atoms with Crippen molar-refractivity contribution < 1.29 is 0 Å². The zero-order valence-electron chi connectivity index (χ0n) is 11.1. The molecule has 0 aliphatic carbocycles. The summed E-state index contributed by atoms with van der Waals surface area (Å²) in [4.78, 5) is 4.44. The van der Waals surface area contributed by atoms with Crippen LogP contribution in [0.1, 0.15) is 22.4 Å². The third-order valence-electron chi connectivity index (χ3n) is 2.80. The van der Waals surface area contributed by atoms with Gasteiger partial charge in [-0.2, -0.15) is 5.26 Å². The molecule has 0 saturated carbocycles. The van der Waals surface area contributed by atoms with Crippen LogP contribution in [0.4, 0.5) is 0 Å². The number of hydrogen-bond donors (Lipinski definition) is 0. The number of nitriles is 1. The minimum Gasteiger partial charge on any atom is -0.245 e. The molecule has 0 atom stereocenters. The second kappa shape index (κ2) is 6.49. The molecule has 0 aliphatic heterocycles. The highest BCUT2D eigenvalue weighted by Crippen LogP contribution is 2.30. The summed E-state index contributed by atoms with van der Waals surface area (Å²) >= 11 is 13.5. The maximum atomic E-state index is 9.23. The summed E-state index contributed by atoms with van der Waals surface area (Å²) in [5, 5.41) is 11.2. The average Bonchev–Trinajstić information content (AvgIpc) is 2.37. The summed E-state index contributed by atoms with van der Waals surface area (Å²) in [6.07, 6.45) is 0. The topological polar surface area (TPSA) is 36.7 Å². The molecule has 0 aliphatic rings. The fourth-order valence-electron chi connectivity index (χ4n) is 1.83. The Bertz CT molecular complexity index is 693. The fraction of sp³-hybridized carbons (Fsp3) is 0.200. The lowest BCUT2D eigenvalue weighted by molar-refractivity contribution is 1.03. The van der Waals surface area contributed by atoms with Crippen LogP contribution >= 0.6 is 35.0 Å². The van der Waals surface area contributed by atoms with E-state index in [0.717, 1.165) is 21.8 Å². The third kappa shape index (κ3) is 3.46. The zero-order valence-corrected chi connectivity index (χ0v) is 13.4. The van der Waals surface area contributed by atoms with Crippen molar-refractivity contribution in [1.29, 1.82) is 5.26 Å². The van der Waals surface area contributed by atoms with E-state index in [1.54, 1.807) is 6.07 Å². The van der Waals surface area contributed by atoms with Gasteiger partial charge >= 0.3 is 0 Å². The van der Waals surface area contributed by atoms with E-state index in [1.165, 1.54) is 11.8 Å². The summed E-state index contributed by atoms with van der Waals surface area (Å²) in [6.45, 7) is 3.85. The van der Waals surface area contributed by atoms with E-state index in [1.807, 2.05) is 32.0 Å². The molecule has 5 heteroatoms. The smallest absolute Gasteiger partial charge is 0.115 e. The first kappa shape index (κ1) is 15.2. The Labute approximate surface area is 132 Å². The van der Waals surface area contributed by atoms with Crippen LogP contribution in [0, 0.1) is 25.2 Å². The maximum Gasteiger partial charge on any atom is 0.115 e. The van der Waals surface area contributed by atoms with Gasteiger partial charge in [0.25, 0.3) is 0 Å². The Morgan fingerprint density at radius 3 is 2.65 bits per heavy atom. The van der Waals surface area contributed by atoms with Gasteiger partial charge in [0, 0.05) is 21.5 Å². The van der Waals surface area contributed by atoms with E-state index in [9.17, 15) is 5.26 Å². The van der Waals surface area contributed by atoms with Crippen LogP contribution in [0.15, 0.2) is 29.3 Å². The van der Waals surface area contributed by atoms with Crippen LogP contribution in [0.3, 0.4) is 0 Å². The number of thioether (sulfide) groups is 1. The molecular weight excluding hydrogens is 311 g/mol. The third-order valence-corrected chi connectivity index (χ3v) is 4.41. The second-order valence-electron chi connectivity index (χ2n) is 4.40. The maximum absolute atomic E-state index is 9.23. The Balaban J connectivity index is 2.25. The monoisotopic (exact) mass is 322 g/mol. The van der Waals surface area contributed by atoms with Gasteiger partial charge in [0.2, 0.25) is 0 Å². The van der Waals surface area contributed by atoms with Crippen molar-refractivity contribution in [2.45, 2.75) is 24.6 Å².